The van der Waals surface area contributed by atoms with Crippen LogP contribution in [0.5, 0.6) is 0 Å². The zero-order valence-electron chi connectivity index (χ0n) is 14.8. The second-order valence-electron chi connectivity index (χ2n) is 7.09. The van der Waals surface area contributed by atoms with Crippen LogP contribution in [0.4, 0.5) is 18.9 Å². The molecular weight excluding hydrogens is 379 g/mol. The van der Waals surface area contributed by atoms with Crippen LogP contribution >= 0.6 is 11.8 Å². The van der Waals surface area contributed by atoms with E-state index in [2.05, 4.69) is 12.1 Å². The standard InChI is InChI=1S/C23H16F3NS/c24-23(25,26)16-11-9-14(10-12-16)22-18-13-15-5-1-2-6-17(15)21(18)27-19-7-3-4-8-20(19)28-22/h1-12,18,22H,13H2/t18-,22+/m1/s1. The van der Waals surface area contributed by atoms with Crippen LogP contribution in [0, 0.1) is 5.92 Å². The molecule has 0 spiro atoms. The molecule has 5 heteroatoms. The number of halogens is 3. The Morgan fingerprint density at radius 3 is 2.36 bits per heavy atom. The number of benzene rings is 3. The summed E-state index contributed by atoms with van der Waals surface area (Å²) in [5.74, 6) is 0.131. The van der Waals surface area contributed by atoms with Gasteiger partial charge in [0.05, 0.1) is 17.0 Å². The summed E-state index contributed by atoms with van der Waals surface area (Å²) in [5.41, 5.74) is 4.67. The van der Waals surface area contributed by atoms with Gasteiger partial charge in [-0.2, -0.15) is 13.2 Å². The summed E-state index contributed by atoms with van der Waals surface area (Å²) in [5, 5.41) is 0.0112. The molecule has 3 aromatic carbocycles. The first-order valence-corrected chi connectivity index (χ1v) is 9.98. The molecule has 1 aliphatic heterocycles. The summed E-state index contributed by atoms with van der Waals surface area (Å²) in [4.78, 5) is 6.05. The summed E-state index contributed by atoms with van der Waals surface area (Å²) in [6.07, 6.45) is -3.47. The summed E-state index contributed by atoms with van der Waals surface area (Å²) >= 11 is 1.70. The average molecular weight is 395 g/mol. The molecule has 0 saturated carbocycles. The fourth-order valence-electron chi connectivity index (χ4n) is 4.04. The number of nitrogens with zero attached hydrogens (tertiary/aromatic N) is 1. The van der Waals surface area contributed by atoms with Crippen molar-refractivity contribution in [3.8, 4) is 0 Å². The highest BCUT2D eigenvalue weighted by molar-refractivity contribution is 7.99. The van der Waals surface area contributed by atoms with E-state index in [0.717, 1.165) is 33.8 Å². The average Bonchev–Trinajstić information content (AvgIpc) is 2.96. The largest absolute Gasteiger partial charge is 0.416 e. The maximum Gasteiger partial charge on any atom is 0.416 e. The summed E-state index contributed by atoms with van der Waals surface area (Å²) in [7, 11) is 0. The quantitative estimate of drug-likeness (QED) is 0.439. The minimum absolute atomic E-state index is 0.0112. The maximum absolute atomic E-state index is 13.0. The SMILES string of the molecule is FC(F)(F)c1ccc([C@@H]2Sc3ccccc3N=C3c4ccccc4C[C@H]32)cc1. The Kier molecular flexibility index (Phi) is 4.09. The molecule has 1 nitrogen and oxygen atoms in total. The number of rotatable bonds is 1. The lowest BCUT2D eigenvalue weighted by molar-refractivity contribution is -0.137. The summed E-state index contributed by atoms with van der Waals surface area (Å²) in [6, 6.07) is 21.9. The molecule has 2 aliphatic rings. The summed E-state index contributed by atoms with van der Waals surface area (Å²) in [6.45, 7) is 0. The van der Waals surface area contributed by atoms with Gasteiger partial charge >= 0.3 is 6.18 Å². The Hall–Kier alpha value is -2.53. The molecule has 0 aromatic heterocycles. The van der Waals surface area contributed by atoms with E-state index in [-0.39, 0.29) is 11.2 Å². The number of para-hydroxylation sites is 1. The third kappa shape index (κ3) is 2.94. The first kappa shape index (κ1) is 17.6. The zero-order chi connectivity index (χ0) is 19.3. The lowest BCUT2D eigenvalue weighted by Crippen LogP contribution is -2.17. The van der Waals surface area contributed by atoms with E-state index >= 15 is 0 Å². The van der Waals surface area contributed by atoms with Crippen LogP contribution in [0.2, 0.25) is 0 Å². The van der Waals surface area contributed by atoms with Crippen molar-refractivity contribution in [2.75, 3.05) is 0 Å². The highest BCUT2D eigenvalue weighted by Gasteiger charge is 2.38. The highest BCUT2D eigenvalue weighted by Crippen LogP contribution is 2.51. The van der Waals surface area contributed by atoms with E-state index in [9.17, 15) is 13.2 Å². The van der Waals surface area contributed by atoms with Crippen LogP contribution in [0.25, 0.3) is 0 Å². The Balaban J connectivity index is 1.63. The maximum atomic E-state index is 13.0. The molecule has 0 saturated heterocycles. The van der Waals surface area contributed by atoms with Crippen molar-refractivity contribution in [1.29, 1.82) is 0 Å². The predicted molar refractivity (Wildman–Crippen MR) is 106 cm³/mol. The molecule has 140 valence electrons. The first-order chi connectivity index (χ1) is 13.5. The minimum atomic E-state index is -4.32. The molecule has 0 radical (unpaired) electrons. The van der Waals surface area contributed by atoms with Crippen LogP contribution in [0.15, 0.2) is 82.7 Å². The first-order valence-electron chi connectivity index (χ1n) is 9.10. The van der Waals surface area contributed by atoms with Crippen LogP contribution in [0.3, 0.4) is 0 Å². The van der Waals surface area contributed by atoms with Gasteiger partial charge in [0.25, 0.3) is 0 Å². The van der Waals surface area contributed by atoms with Crippen LogP contribution in [0.1, 0.15) is 27.5 Å². The van der Waals surface area contributed by atoms with Crippen molar-refractivity contribution < 1.29 is 13.2 Å². The topological polar surface area (TPSA) is 12.4 Å². The normalized spacial score (nSPS) is 20.6. The molecule has 0 fully saturated rings. The van der Waals surface area contributed by atoms with E-state index in [0.29, 0.717) is 0 Å². The van der Waals surface area contributed by atoms with Gasteiger partial charge in [0.15, 0.2) is 0 Å². The Morgan fingerprint density at radius 2 is 1.57 bits per heavy atom. The zero-order valence-corrected chi connectivity index (χ0v) is 15.6. The molecule has 0 N–H and O–H groups in total. The number of alkyl halides is 3. The molecular formula is C23H16F3NS. The number of aliphatic imine (C=N–C) groups is 1. The Bertz CT molecular complexity index is 1070. The third-order valence-corrected chi connectivity index (χ3v) is 6.83. The van der Waals surface area contributed by atoms with Gasteiger partial charge in [0.1, 0.15) is 0 Å². The summed E-state index contributed by atoms with van der Waals surface area (Å²) < 4.78 is 39.0. The Labute approximate surface area is 165 Å². The molecule has 5 rings (SSSR count). The van der Waals surface area contributed by atoms with Gasteiger partial charge in [-0.1, -0.05) is 48.5 Å². The van der Waals surface area contributed by atoms with Crippen molar-refractivity contribution >= 4 is 23.2 Å². The van der Waals surface area contributed by atoms with Crippen molar-refractivity contribution in [1.82, 2.24) is 0 Å². The van der Waals surface area contributed by atoms with E-state index in [4.69, 9.17) is 4.99 Å². The molecule has 2 atom stereocenters. The van der Waals surface area contributed by atoms with Crippen molar-refractivity contribution in [3.05, 3.63) is 95.1 Å². The lowest BCUT2D eigenvalue weighted by Gasteiger charge is -2.23. The number of hydrogen-bond donors (Lipinski definition) is 0. The van der Waals surface area contributed by atoms with Gasteiger partial charge < -0.3 is 0 Å². The van der Waals surface area contributed by atoms with Gasteiger partial charge in [-0.15, -0.1) is 11.8 Å². The van der Waals surface area contributed by atoms with Gasteiger partial charge in [-0.25, -0.2) is 0 Å². The number of fused-ring (bicyclic) bond motifs is 4. The second kappa shape index (κ2) is 6.52. The number of thioether (sulfide) groups is 1. The van der Waals surface area contributed by atoms with Gasteiger partial charge in [0.2, 0.25) is 0 Å². The van der Waals surface area contributed by atoms with Gasteiger partial charge in [0, 0.05) is 16.1 Å². The molecule has 1 heterocycles. The third-order valence-electron chi connectivity index (χ3n) is 5.38. The van der Waals surface area contributed by atoms with Crippen LogP contribution in [-0.4, -0.2) is 5.71 Å². The lowest BCUT2D eigenvalue weighted by atomic mass is 9.93. The molecule has 1 aliphatic carbocycles. The van der Waals surface area contributed by atoms with Gasteiger partial charge in [-0.3, -0.25) is 4.99 Å². The van der Waals surface area contributed by atoms with E-state index in [1.54, 1.807) is 23.9 Å². The number of hydrogen-bond acceptors (Lipinski definition) is 2. The van der Waals surface area contributed by atoms with Gasteiger partial charge in [-0.05, 0) is 47.4 Å². The van der Waals surface area contributed by atoms with E-state index < -0.39 is 11.7 Å². The minimum Gasteiger partial charge on any atom is -0.251 e. The molecule has 0 amide bonds. The molecule has 0 bridgehead atoms. The fraction of sp³-hybridized carbons (Fsp3) is 0.174. The van der Waals surface area contributed by atoms with Crippen LogP contribution < -0.4 is 0 Å². The van der Waals surface area contributed by atoms with E-state index in [1.807, 2.05) is 36.4 Å². The van der Waals surface area contributed by atoms with Crippen molar-refractivity contribution in [2.45, 2.75) is 22.7 Å². The fourth-order valence-corrected chi connectivity index (χ4v) is 5.38. The monoisotopic (exact) mass is 395 g/mol. The molecule has 3 aromatic rings. The molecule has 0 unspecified atom stereocenters. The van der Waals surface area contributed by atoms with Crippen molar-refractivity contribution in [3.63, 3.8) is 0 Å². The molecule has 28 heavy (non-hydrogen) atoms. The van der Waals surface area contributed by atoms with Crippen LogP contribution in [-0.2, 0) is 12.6 Å². The Morgan fingerprint density at radius 1 is 0.857 bits per heavy atom. The smallest absolute Gasteiger partial charge is 0.251 e. The second-order valence-corrected chi connectivity index (χ2v) is 8.27. The van der Waals surface area contributed by atoms with E-state index in [1.165, 1.54) is 17.7 Å². The predicted octanol–water partition coefficient (Wildman–Crippen LogP) is 6.85. The van der Waals surface area contributed by atoms with Crippen molar-refractivity contribution in [2.24, 2.45) is 10.9 Å². The highest BCUT2D eigenvalue weighted by atomic mass is 32.2.